The molecule has 2 nitrogen and oxygen atoms in total. The summed E-state index contributed by atoms with van der Waals surface area (Å²) in [5.41, 5.74) is 0. The third-order valence-electron chi connectivity index (χ3n) is 2.51. The van der Waals surface area contributed by atoms with Gasteiger partial charge in [0.2, 0.25) is 0 Å². The predicted octanol–water partition coefficient (Wildman–Crippen LogP) is 3.29. The molecule has 1 atom stereocenters. The van der Waals surface area contributed by atoms with Crippen LogP contribution in [0, 0.1) is 23.2 Å². The highest BCUT2D eigenvalue weighted by atomic mass is 15.1. The molecule has 0 aliphatic rings. The molecular formula is C13H26N2. The van der Waals surface area contributed by atoms with Gasteiger partial charge in [0.25, 0.3) is 0 Å². The highest BCUT2D eigenvalue weighted by molar-refractivity contribution is 4.74. The highest BCUT2D eigenvalue weighted by Gasteiger charge is 2.10. The van der Waals surface area contributed by atoms with Crippen molar-refractivity contribution in [3.8, 4) is 6.07 Å². The number of rotatable bonds is 8. The van der Waals surface area contributed by atoms with Crippen molar-refractivity contribution in [3.63, 3.8) is 0 Å². The number of nitriles is 1. The lowest BCUT2D eigenvalue weighted by molar-refractivity contribution is 0.213. The molecule has 2 heteroatoms. The van der Waals surface area contributed by atoms with Crippen LogP contribution in [-0.2, 0) is 0 Å². The molecule has 88 valence electrons. The SMILES string of the molecule is CCCC(C)CN(CCC#N)CC(C)C. The average Bonchev–Trinajstić information content (AvgIpc) is 2.13. The Morgan fingerprint density at radius 3 is 2.33 bits per heavy atom. The number of hydrogen-bond donors (Lipinski definition) is 0. The Kier molecular flexibility index (Phi) is 8.41. The molecule has 0 radical (unpaired) electrons. The Labute approximate surface area is 95.3 Å². The quantitative estimate of drug-likeness (QED) is 0.614. The molecule has 0 aromatic heterocycles. The van der Waals surface area contributed by atoms with Gasteiger partial charge in [0, 0.05) is 26.1 Å². The van der Waals surface area contributed by atoms with Gasteiger partial charge in [-0.05, 0) is 18.3 Å². The van der Waals surface area contributed by atoms with Gasteiger partial charge in [0.05, 0.1) is 6.07 Å². The minimum atomic E-state index is 0.658. The van der Waals surface area contributed by atoms with Crippen molar-refractivity contribution in [2.75, 3.05) is 19.6 Å². The van der Waals surface area contributed by atoms with Crippen molar-refractivity contribution in [1.82, 2.24) is 4.90 Å². The molecule has 1 unspecified atom stereocenters. The van der Waals surface area contributed by atoms with Crippen LogP contribution < -0.4 is 0 Å². The van der Waals surface area contributed by atoms with Gasteiger partial charge in [0.15, 0.2) is 0 Å². The van der Waals surface area contributed by atoms with Gasteiger partial charge >= 0.3 is 0 Å². The van der Waals surface area contributed by atoms with Gasteiger partial charge < -0.3 is 4.90 Å². The average molecular weight is 210 g/mol. The van der Waals surface area contributed by atoms with Crippen LogP contribution in [0.25, 0.3) is 0 Å². The standard InChI is InChI=1S/C13H26N2/c1-5-7-13(4)11-15(9-6-8-14)10-12(2)3/h12-13H,5-7,9-11H2,1-4H3. The van der Waals surface area contributed by atoms with E-state index < -0.39 is 0 Å². The fourth-order valence-corrected chi connectivity index (χ4v) is 2.01. The predicted molar refractivity (Wildman–Crippen MR) is 65.6 cm³/mol. The summed E-state index contributed by atoms with van der Waals surface area (Å²) in [4.78, 5) is 2.44. The van der Waals surface area contributed by atoms with Crippen LogP contribution in [0.1, 0.15) is 47.0 Å². The molecule has 0 saturated carbocycles. The van der Waals surface area contributed by atoms with Crippen LogP contribution in [0.2, 0.25) is 0 Å². The third kappa shape index (κ3) is 8.44. The minimum Gasteiger partial charge on any atom is -0.302 e. The Hall–Kier alpha value is -0.550. The Bertz CT molecular complexity index is 181. The fraction of sp³-hybridized carbons (Fsp3) is 0.923. The number of nitrogens with zero attached hydrogens (tertiary/aromatic N) is 2. The maximum Gasteiger partial charge on any atom is 0.0635 e. The second-order valence-corrected chi connectivity index (χ2v) is 4.96. The smallest absolute Gasteiger partial charge is 0.0635 e. The lowest BCUT2D eigenvalue weighted by Crippen LogP contribution is -2.32. The van der Waals surface area contributed by atoms with E-state index in [4.69, 9.17) is 5.26 Å². The minimum absolute atomic E-state index is 0.658. The zero-order chi connectivity index (χ0) is 11.7. The van der Waals surface area contributed by atoms with Crippen molar-refractivity contribution in [1.29, 1.82) is 5.26 Å². The Morgan fingerprint density at radius 1 is 1.20 bits per heavy atom. The molecule has 0 spiro atoms. The summed E-state index contributed by atoms with van der Waals surface area (Å²) >= 11 is 0. The molecule has 0 rings (SSSR count). The van der Waals surface area contributed by atoms with Crippen molar-refractivity contribution in [2.24, 2.45) is 11.8 Å². The van der Waals surface area contributed by atoms with Gasteiger partial charge in [-0.1, -0.05) is 34.1 Å². The van der Waals surface area contributed by atoms with Crippen molar-refractivity contribution >= 4 is 0 Å². The monoisotopic (exact) mass is 210 g/mol. The van der Waals surface area contributed by atoms with Gasteiger partial charge in [-0.15, -0.1) is 0 Å². The van der Waals surface area contributed by atoms with E-state index in [9.17, 15) is 0 Å². The van der Waals surface area contributed by atoms with Crippen LogP contribution in [0.15, 0.2) is 0 Å². The van der Waals surface area contributed by atoms with Gasteiger partial charge in [-0.3, -0.25) is 0 Å². The summed E-state index contributed by atoms with van der Waals surface area (Å²) < 4.78 is 0. The summed E-state index contributed by atoms with van der Waals surface area (Å²) in [6, 6.07) is 2.23. The maximum absolute atomic E-state index is 8.61. The maximum atomic E-state index is 8.61. The van der Waals surface area contributed by atoms with Crippen molar-refractivity contribution in [2.45, 2.75) is 47.0 Å². The summed E-state index contributed by atoms with van der Waals surface area (Å²) in [7, 11) is 0. The fourth-order valence-electron chi connectivity index (χ4n) is 2.01. The van der Waals surface area contributed by atoms with Crippen LogP contribution in [0.3, 0.4) is 0 Å². The third-order valence-corrected chi connectivity index (χ3v) is 2.51. The summed E-state index contributed by atoms with van der Waals surface area (Å²) in [5.74, 6) is 1.45. The number of hydrogen-bond acceptors (Lipinski definition) is 2. The van der Waals surface area contributed by atoms with E-state index >= 15 is 0 Å². The first-order valence-corrected chi connectivity index (χ1v) is 6.19. The highest BCUT2D eigenvalue weighted by Crippen LogP contribution is 2.09. The molecule has 0 heterocycles. The van der Waals surface area contributed by atoms with Crippen LogP contribution in [0.5, 0.6) is 0 Å². The van der Waals surface area contributed by atoms with Gasteiger partial charge in [-0.25, -0.2) is 0 Å². The summed E-state index contributed by atoms with van der Waals surface area (Å²) in [6.45, 7) is 12.2. The second kappa shape index (κ2) is 8.73. The Morgan fingerprint density at radius 2 is 1.87 bits per heavy atom. The lowest BCUT2D eigenvalue weighted by Gasteiger charge is -2.26. The Balaban J connectivity index is 3.94. The van der Waals surface area contributed by atoms with E-state index in [-0.39, 0.29) is 0 Å². The first-order valence-electron chi connectivity index (χ1n) is 6.19. The van der Waals surface area contributed by atoms with Gasteiger partial charge in [-0.2, -0.15) is 5.26 Å². The molecule has 0 saturated heterocycles. The van der Waals surface area contributed by atoms with E-state index in [0.717, 1.165) is 25.6 Å². The van der Waals surface area contributed by atoms with E-state index in [1.807, 2.05) is 0 Å². The molecule has 0 N–H and O–H groups in total. The van der Waals surface area contributed by atoms with Crippen LogP contribution >= 0.6 is 0 Å². The van der Waals surface area contributed by atoms with Crippen molar-refractivity contribution < 1.29 is 0 Å². The second-order valence-electron chi connectivity index (χ2n) is 4.96. The first-order chi connectivity index (χ1) is 7.10. The molecule has 0 aliphatic heterocycles. The first kappa shape index (κ1) is 14.5. The molecule has 0 amide bonds. The topological polar surface area (TPSA) is 27.0 Å². The van der Waals surface area contributed by atoms with Crippen LogP contribution in [0.4, 0.5) is 0 Å². The van der Waals surface area contributed by atoms with Gasteiger partial charge in [0.1, 0.15) is 0 Å². The zero-order valence-corrected chi connectivity index (χ0v) is 10.8. The molecule has 0 fully saturated rings. The van der Waals surface area contributed by atoms with Crippen LogP contribution in [-0.4, -0.2) is 24.5 Å². The summed E-state index contributed by atoms with van der Waals surface area (Å²) in [6.07, 6.45) is 3.21. The van der Waals surface area contributed by atoms with Crippen molar-refractivity contribution in [3.05, 3.63) is 0 Å². The molecule has 15 heavy (non-hydrogen) atoms. The van der Waals surface area contributed by atoms with E-state index in [1.165, 1.54) is 12.8 Å². The molecule has 0 aromatic carbocycles. The van der Waals surface area contributed by atoms with E-state index in [0.29, 0.717) is 12.3 Å². The zero-order valence-electron chi connectivity index (χ0n) is 10.8. The molecular weight excluding hydrogens is 184 g/mol. The normalized spacial score (nSPS) is 13.1. The molecule has 0 aromatic rings. The summed E-state index contributed by atoms with van der Waals surface area (Å²) in [5, 5.41) is 8.61. The van der Waals surface area contributed by atoms with E-state index in [2.05, 4.69) is 38.7 Å². The largest absolute Gasteiger partial charge is 0.302 e. The van der Waals surface area contributed by atoms with E-state index in [1.54, 1.807) is 0 Å². The molecule has 0 bridgehead atoms. The molecule has 0 aliphatic carbocycles. The lowest BCUT2D eigenvalue weighted by atomic mass is 10.0.